The maximum atomic E-state index is 13.1. The van der Waals surface area contributed by atoms with Gasteiger partial charge in [-0.25, -0.2) is 0 Å². The minimum Gasteiger partial charge on any atom is -0.326 e. The molecule has 6 nitrogen and oxygen atoms in total. The van der Waals surface area contributed by atoms with Crippen LogP contribution in [0.25, 0.3) is 5.69 Å². The zero-order chi connectivity index (χ0) is 24.5. The Morgan fingerprint density at radius 2 is 1.77 bits per heavy atom. The minimum absolute atomic E-state index is 0.121. The number of fused-ring (bicyclic) bond motifs is 3. The summed E-state index contributed by atoms with van der Waals surface area (Å²) in [4.78, 5) is 18.2. The Balaban J connectivity index is 1.53. The number of para-hydroxylation sites is 1. The Kier molecular flexibility index (Phi) is 6.22. The van der Waals surface area contributed by atoms with Crippen LogP contribution in [0.3, 0.4) is 0 Å². The van der Waals surface area contributed by atoms with E-state index < -0.39 is 6.04 Å². The third-order valence-corrected chi connectivity index (χ3v) is 6.49. The first-order valence-corrected chi connectivity index (χ1v) is 12.1. The Hall–Kier alpha value is -3.77. The first-order valence-electron chi connectivity index (χ1n) is 11.7. The lowest BCUT2D eigenvalue weighted by atomic mass is 10.0. The Morgan fingerprint density at radius 3 is 2.49 bits per heavy atom. The van der Waals surface area contributed by atoms with E-state index in [9.17, 15) is 4.79 Å². The van der Waals surface area contributed by atoms with Gasteiger partial charge in [0.15, 0.2) is 6.04 Å². The summed E-state index contributed by atoms with van der Waals surface area (Å²) in [5, 5.41) is 11.3. The standard InChI is InChI=1S/C28H26ClN5O/c1-17(2)19-10-14-22(15-11-19)30-26(35)16-24-28-33-32-18(3)34(28)25-7-5-4-6-23(25)27(31-24)20-8-12-21(29)13-9-20/h4-15,17,24H,16H2,1-3H3,(H,30,35)/p+1. The summed E-state index contributed by atoms with van der Waals surface area (Å²) in [6.07, 6.45) is 0.154. The van der Waals surface area contributed by atoms with Crippen molar-refractivity contribution in [3.8, 4) is 5.69 Å². The molecule has 3 aromatic carbocycles. The lowest BCUT2D eigenvalue weighted by molar-refractivity contribution is -0.612. The second-order valence-corrected chi connectivity index (χ2v) is 9.49. The van der Waals surface area contributed by atoms with Gasteiger partial charge in [-0.2, -0.15) is 4.57 Å². The van der Waals surface area contributed by atoms with Crippen LogP contribution in [-0.2, 0) is 4.79 Å². The van der Waals surface area contributed by atoms with Crippen molar-refractivity contribution in [2.75, 3.05) is 5.32 Å². The van der Waals surface area contributed by atoms with Crippen LogP contribution in [0.2, 0.25) is 5.02 Å². The summed E-state index contributed by atoms with van der Waals surface area (Å²) < 4.78 is 2.05. The molecule has 0 radical (unpaired) electrons. The molecule has 1 aliphatic rings. The molecule has 0 saturated heterocycles. The van der Waals surface area contributed by atoms with Crippen molar-refractivity contribution in [1.29, 1.82) is 0 Å². The maximum absolute atomic E-state index is 13.1. The summed E-state index contributed by atoms with van der Waals surface area (Å²) in [7, 11) is 0. The first-order chi connectivity index (χ1) is 16.9. The molecule has 35 heavy (non-hydrogen) atoms. The lowest BCUT2D eigenvalue weighted by Crippen LogP contribution is -2.38. The lowest BCUT2D eigenvalue weighted by Gasteiger charge is -2.11. The van der Waals surface area contributed by atoms with Crippen LogP contribution < -0.4 is 9.88 Å². The SMILES string of the molecule is Cc1[nH]nc2[n+]1-c1ccccc1C(c1ccc(Cl)cc1)=NC2CC(=O)Nc1ccc(C(C)C)cc1. The average molecular weight is 485 g/mol. The molecule has 0 bridgehead atoms. The van der Waals surface area contributed by atoms with Crippen molar-refractivity contribution in [3.05, 3.63) is 106 Å². The minimum atomic E-state index is -0.479. The molecule has 5 rings (SSSR count). The quantitative estimate of drug-likeness (QED) is 0.357. The van der Waals surface area contributed by atoms with Gasteiger partial charge in [0, 0.05) is 33.9 Å². The van der Waals surface area contributed by atoms with E-state index >= 15 is 0 Å². The number of halogens is 1. The van der Waals surface area contributed by atoms with Crippen LogP contribution in [-0.4, -0.2) is 21.8 Å². The van der Waals surface area contributed by atoms with E-state index in [1.165, 1.54) is 5.56 Å². The summed E-state index contributed by atoms with van der Waals surface area (Å²) in [5.41, 5.74) is 5.68. The van der Waals surface area contributed by atoms with Crippen molar-refractivity contribution in [2.45, 2.75) is 39.2 Å². The molecular weight excluding hydrogens is 458 g/mol. The van der Waals surface area contributed by atoms with E-state index in [4.69, 9.17) is 16.6 Å². The molecule has 0 aliphatic carbocycles. The molecule has 2 N–H and O–H groups in total. The Labute approximate surface area is 209 Å². The number of anilines is 1. The van der Waals surface area contributed by atoms with E-state index in [0.29, 0.717) is 16.8 Å². The van der Waals surface area contributed by atoms with Gasteiger partial charge < -0.3 is 5.32 Å². The normalized spacial score (nSPS) is 14.7. The van der Waals surface area contributed by atoms with Crippen LogP contribution in [0.5, 0.6) is 0 Å². The van der Waals surface area contributed by atoms with Crippen LogP contribution in [0.1, 0.15) is 60.6 Å². The van der Waals surface area contributed by atoms with E-state index in [0.717, 1.165) is 34.0 Å². The van der Waals surface area contributed by atoms with E-state index in [-0.39, 0.29) is 12.3 Å². The summed E-state index contributed by atoms with van der Waals surface area (Å²) in [5.74, 6) is 1.88. The summed E-state index contributed by atoms with van der Waals surface area (Å²) in [6.45, 7) is 6.26. The van der Waals surface area contributed by atoms with Crippen LogP contribution in [0.4, 0.5) is 5.69 Å². The first kappa shape index (κ1) is 23.0. The van der Waals surface area contributed by atoms with Crippen molar-refractivity contribution in [2.24, 2.45) is 4.99 Å². The number of aliphatic imine (C=N–C) groups is 1. The topological polar surface area (TPSA) is 74.0 Å². The number of aromatic amines is 1. The van der Waals surface area contributed by atoms with Gasteiger partial charge >= 0.3 is 5.82 Å². The van der Waals surface area contributed by atoms with Crippen LogP contribution >= 0.6 is 11.6 Å². The third-order valence-electron chi connectivity index (χ3n) is 6.24. The molecule has 0 spiro atoms. The molecule has 1 atom stereocenters. The monoisotopic (exact) mass is 484 g/mol. The maximum Gasteiger partial charge on any atom is 0.307 e. The zero-order valence-corrected chi connectivity index (χ0v) is 20.7. The fourth-order valence-corrected chi connectivity index (χ4v) is 4.53. The van der Waals surface area contributed by atoms with Gasteiger partial charge in [0.05, 0.1) is 12.1 Å². The zero-order valence-electron chi connectivity index (χ0n) is 19.9. The average Bonchev–Trinajstić information content (AvgIpc) is 3.17. The second kappa shape index (κ2) is 9.47. The van der Waals surface area contributed by atoms with Crippen molar-refractivity contribution >= 4 is 28.9 Å². The van der Waals surface area contributed by atoms with Crippen LogP contribution in [0.15, 0.2) is 77.8 Å². The summed E-state index contributed by atoms with van der Waals surface area (Å²) >= 11 is 6.15. The number of hydrogen-bond donors (Lipinski definition) is 2. The van der Waals surface area contributed by atoms with Gasteiger partial charge in [-0.1, -0.05) is 61.8 Å². The van der Waals surface area contributed by atoms with Gasteiger partial charge in [0.2, 0.25) is 11.7 Å². The fraction of sp³-hybridized carbons (Fsp3) is 0.214. The molecular formula is C28H27ClN5O+. The molecule has 7 heteroatoms. The highest BCUT2D eigenvalue weighted by Gasteiger charge is 2.34. The molecule has 176 valence electrons. The number of carbonyl (C=O) groups excluding carboxylic acids is 1. The van der Waals surface area contributed by atoms with Crippen molar-refractivity contribution in [1.82, 2.24) is 10.2 Å². The number of benzene rings is 3. The molecule has 1 unspecified atom stereocenters. The number of hydrogen-bond acceptors (Lipinski definition) is 3. The van der Waals surface area contributed by atoms with Gasteiger partial charge in [-0.15, -0.1) is 5.10 Å². The number of H-pyrrole nitrogens is 1. The number of aromatic nitrogens is 3. The number of nitrogens with zero attached hydrogens (tertiary/aromatic N) is 3. The third kappa shape index (κ3) is 4.62. The van der Waals surface area contributed by atoms with Gasteiger partial charge in [0.25, 0.3) is 0 Å². The number of rotatable bonds is 5. The van der Waals surface area contributed by atoms with Crippen LogP contribution in [0, 0.1) is 6.92 Å². The smallest absolute Gasteiger partial charge is 0.307 e. The van der Waals surface area contributed by atoms with Gasteiger partial charge in [-0.3, -0.25) is 9.79 Å². The number of nitrogens with one attached hydrogen (secondary N) is 2. The Bertz CT molecular complexity index is 1400. The van der Waals surface area contributed by atoms with Gasteiger partial charge in [0.1, 0.15) is 5.69 Å². The number of carbonyl (C=O) groups is 1. The van der Waals surface area contributed by atoms with Crippen molar-refractivity contribution < 1.29 is 9.36 Å². The predicted octanol–water partition coefficient (Wildman–Crippen LogP) is 5.69. The largest absolute Gasteiger partial charge is 0.326 e. The molecule has 0 saturated carbocycles. The van der Waals surface area contributed by atoms with E-state index in [1.807, 2.05) is 79.7 Å². The molecule has 1 aromatic heterocycles. The highest BCUT2D eigenvalue weighted by molar-refractivity contribution is 6.30. The van der Waals surface area contributed by atoms with E-state index in [1.54, 1.807) is 0 Å². The highest BCUT2D eigenvalue weighted by Crippen LogP contribution is 2.28. The van der Waals surface area contributed by atoms with E-state index in [2.05, 4.69) is 33.9 Å². The fourth-order valence-electron chi connectivity index (χ4n) is 4.40. The number of aryl methyl sites for hydroxylation is 1. The second-order valence-electron chi connectivity index (χ2n) is 9.05. The van der Waals surface area contributed by atoms with Crippen molar-refractivity contribution in [3.63, 3.8) is 0 Å². The molecule has 0 fully saturated rings. The molecule has 1 amide bonds. The molecule has 1 aliphatic heterocycles. The van der Waals surface area contributed by atoms with Gasteiger partial charge in [-0.05, 0) is 47.9 Å². The predicted molar refractivity (Wildman–Crippen MR) is 138 cm³/mol. The summed E-state index contributed by atoms with van der Waals surface area (Å²) in [6, 6.07) is 23.2. The Morgan fingerprint density at radius 1 is 1.06 bits per heavy atom. The highest BCUT2D eigenvalue weighted by atomic mass is 35.5. The number of amides is 1. The molecule has 4 aromatic rings. The molecule has 2 heterocycles.